The van der Waals surface area contributed by atoms with E-state index in [1.807, 2.05) is 30.3 Å². The lowest BCUT2D eigenvalue weighted by Crippen LogP contribution is -2.51. The number of nitrogens with one attached hydrogen (secondary N) is 2. The number of halogens is 1. The first-order valence-corrected chi connectivity index (χ1v) is 11.7. The van der Waals surface area contributed by atoms with Crippen LogP contribution in [-0.2, 0) is 11.3 Å². The molecule has 2 N–H and O–H groups in total. The molecule has 1 unspecified atom stereocenters. The Balaban J connectivity index is 1.37. The van der Waals surface area contributed by atoms with Crippen LogP contribution in [0.1, 0.15) is 42.6 Å². The van der Waals surface area contributed by atoms with Gasteiger partial charge < -0.3 is 15.2 Å². The van der Waals surface area contributed by atoms with E-state index in [9.17, 15) is 9.59 Å². The third-order valence-electron chi connectivity index (χ3n) is 6.33. The molecule has 2 aromatic carbocycles. The number of hydrogen-bond donors (Lipinski definition) is 2. The molecule has 3 aromatic rings. The zero-order chi connectivity index (χ0) is 22.1. The number of para-hydroxylation sites is 1. The van der Waals surface area contributed by atoms with Gasteiger partial charge in [0.1, 0.15) is 12.2 Å². The first kappa shape index (κ1) is 21.0. The number of fused-ring (bicyclic) bond motifs is 1. The van der Waals surface area contributed by atoms with Crippen molar-refractivity contribution in [1.29, 1.82) is 0 Å². The van der Waals surface area contributed by atoms with Crippen LogP contribution >= 0.6 is 11.6 Å². The van der Waals surface area contributed by atoms with Crippen LogP contribution in [0.15, 0.2) is 54.6 Å². The van der Waals surface area contributed by atoms with Gasteiger partial charge in [-0.2, -0.15) is 0 Å². The summed E-state index contributed by atoms with van der Waals surface area (Å²) in [6.45, 7) is 1.10. The molecule has 2 aliphatic rings. The molecule has 1 saturated carbocycles. The molecule has 1 aliphatic carbocycles. The van der Waals surface area contributed by atoms with E-state index in [0.717, 1.165) is 30.3 Å². The number of carbonyl (C=O) groups excluding carboxylic acids is 2. The second kappa shape index (κ2) is 8.96. The molecule has 32 heavy (non-hydrogen) atoms. The van der Waals surface area contributed by atoms with Crippen molar-refractivity contribution in [1.82, 2.24) is 14.8 Å². The molecule has 7 heteroatoms. The van der Waals surface area contributed by atoms with E-state index in [-0.39, 0.29) is 24.5 Å². The van der Waals surface area contributed by atoms with Gasteiger partial charge in [-0.3, -0.25) is 14.5 Å². The van der Waals surface area contributed by atoms with E-state index in [1.165, 1.54) is 19.3 Å². The van der Waals surface area contributed by atoms with E-state index < -0.39 is 0 Å². The Hall–Kier alpha value is -2.83. The number of nitrogens with zero attached hydrogens (tertiary/aromatic N) is 2. The van der Waals surface area contributed by atoms with E-state index in [0.29, 0.717) is 22.4 Å². The SMILES string of the molecule is O=C(Cn1c(C(=O)NC2CCCCN2C2CC2)cc2ccccc21)Nc1ccc(Cl)cc1. The topological polar surface area (TPSA) is 66.4 Å². The number of hydrogen-bond acceptors (Lipinski definition) is 3. The van der Waals surface area contributed by atoms with E-state index in [4.69, 9.17) is 11.6 Å². The molecule has 2 heterocycles. The Morgan fingerprint density at radius 2 is 1.78 bits per heavy atom. The fourth-order valence-electron chi connectivity index (χ4n) is 4.62. The number of likely N-dealkylation sites (tertiary alicyclic amines) is 1. The summed E-state index contributed by atoms with van der Waals surface area (Å²) in [5, 5.41) is 7.70. The minimum atomic E-state index is -0.194. The van der Waals surface area contributed by atoms with Crippen molar-refractivity contribution >= 4 is 40.0 Å². The minimum Gasteiger partial charge on any atom is -0.335 e. The van der Waals surface area contributed by atoms with Gasteiger partial charge in [-0.1, -0.05) is 29.8 Å². The fourth-order valence-corrected chi connectivity index (χ4v) is 4.75. The molecule has 5 rings (SSSR count). The number of amides is 2. The quantitative estimate of drug-likeness (QED) is 0.575. The van der Waals surface area contributed by atoms with Crippen LogP contribution in [0.5, 0.6) is 0 Å². The molecule has 6 nitrogen and oxygen atoms in total. The van der Waals surface area contributed by atoms with Gasteiger partial charge in [0.2, 0.25) is 5.91 Å². The molecule has 2 fully saturated rings. The summed E-state index contributed by atoms with van der Waals surface area (Å²) in [5.74, 6) is -0.321. The number of aromatic nitrogens is 1. The summed E-state index contributed by atoms with van der Waals surface area (Å²) in [4.78, 5) is 28.6. The molecular weight excluding hydrogens is 424 g/mol. The minimum absolute atomic E-state index is 0.0515. The van der Waals surface area contributed by atoms with Crippen molar-refractivity contribution in [2.45, 2.75) is 50.9 Å². The smallest absolute Gasteiger partial charge is 0.269 e. The van der Waals surface area contributed by atoms with Crippen molar-refractivity contribution in [3.05, 3.63) is 65.3 Å². The average Bonchev–Trinajstić information content (AvgIpc) is 3.58. The Bertz CT molecular complexity index is 1140. The largest absolute Gasteiger partial charge is 0.335 e. The first-order valence-electron chi connectivity index (χ1n) is 11.3. The maximum absolute atomic E-state index is 13.4. The van der Waals surface area contributed by atoms with Gasteiger partial charge in [0.15, 0.2) is 0 Å². The molecular formula is C25H27ClN4O2. The van der Waals surface area contributed by atoms with Crippen molar-refractivity contribution in [3.8, 4) is 0 Å². The highest BCUT2D eigenvalue weighted by atomic mass is 35.5. The highest BCUT2D eigenvalue weighted by Crippen LogP contribution is 2.32. The van der Waals surface area contributed by atoms with Crippen molar-refractivity contribution < 1.29 is 9.59 Å². The summed E-state index contributed by atoms with van der Waals surface area (Å²) in [5.41, 5.74) is 2.05. The zero-order valence-electron chi connectivity index (χ0n) is 17.9. The van der Waals surface area contributed by atoms with Gasteiger partial charge in [0.05, 0.1) is 6.17 Å². The molecule has 1 aliphatic heterocycles. The predicted molar refractivity (Wildman–Crippen MR) is 127 cm³/mol. The maximum Gasteiger partial charge on any atom is 0.269 e. The second-order valence-electron chi connectivity index (χ2n) is 8.68. The van der Waals surface area contributed by atoms with E-state index in [1.54, 1.807) is 28.8 Å². The summed E-state index contributed by atoms with van der Waals surface area (Å²) in [6.07, 6.45) is 5.79. The molecule has 1 saturated heterocycles. The molecule has 2 amide bonds. The lowest BCUT2D eigenvalue weighted by Gasteiger charge is -2.36. The Kier molecular flexibility index (Phi) is 5.89. The average molecular weight is 451 g/mol. The maximum atomic E-state index is 13.4. The van der Waals surface area contributed by atoms with Gasteiger partial charge in [-0.05, 0) is 68.5 Å². The predicted octanol–water partition coefficient (Wildman–Crippen LogP) is 4.64. The summed E-state index contributed by atoms with van der Waals surface area (Å²) >= 11 is 5.93. The Morgan fingerprint density at radius 3 is 2.56 bits per heavy atom. The Labute approximate surface area is 192 Å². The molecule has 166 valence electrons. The summed E-state index contributed by atoms with van der Waals surface area (Å²) in [7, 11) is 0. The van der Waals surface area contributed by atoms with Crippen LogP contribution in [0.2, 0.25) is 5.02 Å². The molecule has 1 aromatic heterocycles. The number of piperidine rings is 1. The third kappa shape index (κ3) is 4.52. The number of carbonyl (C=O) groups is 2. The summed E-state index contributed by atoms with van der Waals surface area (Å²) in [6, 6.07) is 17.3. The van der Waals surface area contributed by atoms with Crippen LogP contribution in [0.25, 0.3) is 10.9 Å². The summed E-state index contributed by atoms with van der Waals surface area (Å²) < 4.78 is 1.81. The second-order valence-corrected chi connectivity index (χ2v) is 9.12. The van der Waals surface area contributed by atoms with Crippen LogP contribution in [0.4, 0.5) is 5.69 Å². The zero-order valence-corrected chi connectivity index (χ0v) is 18.6. The molecule has 0 radical (unpaired) electrons. The molecule has 1 atom stereocenters. The lowest BCUT2D eigenvalue weighted by molar-refractivity contribution is -0.116. The molecule has 0 spiro atoms. The number of anilines is 1. The standard InChI is InChI=1S/C25H27ClN4O2/c26-18-8-10-19(11-9-18)27-24(31)16-30-21-6-2-1-5-17(21)15-22(30)25(32)28-23-7-3-4-14-29(23)20-12-13-20/h1-2,5-6,8-11,15,20,23H,3-4,7,12-14,16H2,(H,27,31)(H,28,32). The van der Waals surface area contributed by atoms with Gasteiger partial charge in [-0.15, -0.1) is 0 Å². The van der Waals surface area contributed by atoms with Crippen molar-refractivity contribution in [2.75, 3.05) is 11.9 Å². The van der Waals surface area contributed by atoms with Gasteiger partial charge in [-0.25, -0.2) is 0 Å². The number of benzene rings is 2. The van der Waals surface area contributed by atoms with Gasteiger partial charge in [0, 0.05) is 34.2 Å². The van der Waals surface area contributed by atoms with Crippen molar-refractivity contribution in [2.24, 2.45) is 0 Å². The Morgan fingerprint density at radius 1 is 1.00 bits per heavy atom. The normalized spacial score (nSPS) is 19.1. The lowest BCUT2D eigenvalue weighted by atomic mass is 10.1. The van der Waals surface area contributed by atoms with Crippen molar-refractivity contribution in [3.63, 3.8) is 0 Å². The highest BCUT2D eigenvalue weighted by Gasteiger charge is 2.36. The number of rotatable bonds is 6. The van der Waals surface area contributed by atoms with Crippen LogP contribution in [0, 0.1) is 0 Å². The first-order chi connectivity index (χ1) is 15.6. The highest BCUT2D eigenvalue weighted by molar-refractivity contribution is 6.30. The van der Waals surface area contributed by atoms with E-state index in [2.05, 4.69) is 15.5 Å². The fraction of sp³-hybridized carbons (Fsp3) is 0.360. The van der Waals surface area contributed by atoms with Crippen LogP contribution < -0.4 is 10.6 Å². The van der Waals surface area contributed by atoms with Gasteiger partial charge in [0.25, 0.3) is 5.91 Å². The van der Waals surface area contributed by atoms with E-state index >= 15 is 0 Å². The molecule has 0 bridgehead atoms. The third-order valence-corrected chi connectivity index (χ3v) is 6.58. The van der Waals surface area contributed by atoms with Crippen LogP contribution in [-0.4, -0.2) is 40.0 Å². The monoisotopic (exact) mass is 450 g/mol. The van der Waals surface area contributed by atoms with Crippen LogP contribution in [0.3, 0.4) is 0 Å². The van der Waals surface area contributed by atoms with Gasteiger partial charge >= 0.3 is 0 Å².